The molecule has 3 aromatic rings. The molecule has 0 bridgehead atoms. The fourth-order valence-electron chi connectivity index (χ4n) is 2.28. The number of nitrogens with zero attached hydrogens (tertiary/aromatic N) is 1. The standard InChI is InChI=1S/C19H16N2O3/c22-18(21-23)12-11-16-10-9-15-7-4-8-17(19(15)20-16)24-13-14-5-2-1-3-6-14/h1-12,23H,13H2,(H,21,22). The lowest BCUT2D eigenvalue weighted by atomic mass is 10.2. The summed E-state index contributed by atoms with van der Waals surface area (Å²) >= 11 is 0. The highest BCUT2D eigenvalue weighted by Gasteiger charge is 2.05. The molecule has 0 aliphatic heterocycles. The molecule has 24 heavy (non-hydrogen) atoms. The van der Waals surface area contributed by atoms with Crippen molar-refractivity contribution in [2.75, 3.05) is 0 Å². The molecule has 5 heteroatoms. The molecule has 0 aliphatic rings. The van der Waals surface area contributed by atoms with Crippen molar-refractivity contribution >= 4 is 22.9 Å². The van der Waals surface area contributed by atoms with E-state index in [0.29, 0.717) is 18.1 Å². The molecule has 5 nitrogen and oxygen atoms in total. The maximum atomic E-state index is 11.1. The van der Waals surface area contributed by atoms with Gasteiger partial charge in [0.15, 0.2) is 0 Å². The fourth-order valence-corrected chi connectivity index (χ4v) is 2.28. The zero-order valence-electron chi connectivity index (χ0n) is 12.8. The van der Waals surface area contributed by atoms with Crippen molar-refractivity contribution in [3.05, 3.63) is 78.0 Å². The van der Waals surface area contributed by atoms with Gasteiger partial charge in [0, 0.05) is 11.5 Å². The number of hydrogen-bond acceptors (Lipinski definition) is 4. The summed E-state index contributed by atoms with van der Waals surface area (Å²) in [7, 11) is 0. The number of pyridine rings is 1. The Bertz CT molecular complexity index is 876. The summed E-state index contributed by atoms with van der Waals surface area (Å²) < 4.78 is 5.90. The second kappa shape index (κ2) is 7.39. The van der Waals surface area contributed by atoms with E-state index in [2.05, 4.69) is 4.98 Å². The molecular weight excluding hydrogens is 304 g/mol. The Hall–Kier alpha value is -3.18. The number of hydrogen-bond donors (Lipinski definition) is 2. The summed E-state index contributed by atoms with van der Waals surface area (Å²) in [6, 6.07) is 19.3. The van der Waals surface area contributed by atoms with E-state index in [9.17, 15) is 4.79 Å². The molecule has 2 N–H and O–H groups in total. The molecule has 120 valence electrons. The molecule has 2 aromatic carbocycles. The molecule has 1 heterocycles. The highest BCUT2D eigenvalue weighted by molar-refractivity contribution is 5.91. The van der Waals surface area contributed by atoms with E-state index in [1.807, 2.05) is 54.6 Å². The van der Waals surface area contributed by atoms with Gasteiger partial charge in [-0.05, 0) is 23.8 Å². The van der Waals surface area contributed by atoms with Crippen molar-refractivity contribution in [1.29, 1.82) is 0 Å². The number of amides is 1. The largest absolute Gasteiger partial charge is 0.487 e. The molecule has 0 saturated carbocycles. The van der Waals surface area contributed by atoms with E-state index >= 15 is 0 Å². The van der Waals surface area contributed by atoms with Gasteiger partial charge in [0.2, 0.25) is 0 Å². The molecule has 3 rings (SSSR count). The van der Waals surface area contributed by atoms with E-state index in [-0.39, 0.29) is 0 Å². The number of nitrogens with one attached hydrogen (secondary N) is 1. The number of ether oxygens (including phenoxy) is 1. The van der Waals surface area contributed by atoms with Crippen LogP contribution in [0.2, 0.25) is 0 Å². The first-order chi connectivity index (χ1) is 11.8. The Morgan fingerprint density at radius 2 is 1.92 bits per heavy atom. The second-order valence-electron chi connectivity index (χ2n) is 5.15. The van der Waals surface area contributed by atoms with Crippen molar-refractivity contribution < 1.29 is 14.7 Å². The number of fused-ring (bicyclic) bond motifs is 1. The maximum absolute atomic E-state index is 11.1. The third-order valence-corrected chi connectivity index (χ3v) is 3.46. The Balaban J connectivity index is 1.87. The van der Waals surface area contributed by atoms with Gasteiger partial charge in [-0.2, -0.15) is 0 Å². The molecule has 0 aliphatic carbocycles. The zero-order chi connectivity index (χ0) is 16.8. The van der Waals surface area contributed by atoms with Crippen LogP contribution >= 0.6 is 0 Å². The second-order valence-corrected chi connectivity index (χ2v) is 5.15. The van der Waals surface area contributed by atoms with Crippen LogP contribution in [0.25, 0.3) is 17.0 Å². The van der Waals surface area contributed by atoms with Crippen LogP contribution in [-0.2, 0) is 11.4 Å². The Kier molecular flexibility index (Phi) is 4.84. The number of carbonyl (C=O) groups is 1. The third-order valence-electron chi connectivity index (χ3n) is 3.46. The number of rotatable bonds is 5. The summed E-state index contributed by atoms with van der Waals surface area (Å²) in [6.07, 6.45) is 2.74. The average Bonchev–Trinajstić information content (AvgIpc) is 2.65. The van der Waals surface area contributed by atoms with Crippen LogP contribution < -0.4 is 10.2 Å². The highest BCUT2D eigenvalue weighted by atomic mass is 16.5. The summed E-state index contributed by atoms with van der Waals surface area (Å²) in [5, 5.41) is 9.46. The SMILES string of the molecule is O=C(C=Cc1ccc2cccc(OCc3ccccc3)c2n1)NO. The lowest BCUT2D eigenvalue weighted by molar-refractivity contribution is -0.124. The molecule has 1 amide bonds. The van der Waals surface area contributed by atoms with Gasteiger partial charge >= 0.3 is 0 Å². The Morgan fingerprint density at radius 1 is 1.08 bits per heavy atom. The lowest BCUT2D eigenvalue weighted by Gasteiger charge is -2.09. The molecule has 0 saturated heterocycles. The number of carbonyl (C=O) groups excluding carboxylic acids is 1. The van der Waals surface area contributed by atoms with E-state index in [1.54, 1.807) is 11.5 Å². The van der Waals surface area contributed by atoms with Crippen molar-refractivity contribution in [3.8, 4) is 5.75 Å². The number of para-hydroxylation sites is 1. The predicted octanol–water partition coefficient (Wildman–Crippen LogP) is 3.33. The molecule has 0 spiro atoms. The number of aromatic nitrogens is 1. The molecule has 1 aromatic heterocycles. The van der Waals surface area contributed by atoms with Crippen LogP contribution in [0.5, 0.6) is 5.75 Å². The van der Waals surface area contributed by atoms with Crippen LogP contribution in [-0.4, -0.2) is 16.1 Å². The van der Waals surface area contributed by atoms with Crippen molar-refractivity contribution in [2.45, 2.75) is 6.61 Å². The topological polar surface area (TPSA) is 71.5 Å². The summed E-state index contributed by atoms with van der Waals surface area (Å²) in [5.74, 6) is 0.0729. The zero-order valence-corrected chi connectivity index (χ0v) is 12.8. The van der Waals surface area contributed by atoms with Gasteiger partial charge in [0.05, 0.1) is 5.69 Å². The van der Waals surface area contributed by atoms with Crippen molar-refractivity contribution in [3.63, 3.8) is 0 Å². The first kappa shape index (κ1) is 15.7. The third kappa shape index (κ3) is 3.77. The highest BCUT2D eigenvalue weighted by Crippen LogP contribution is 2.25. The smallest absolute Gasteiger partial charge is 0.267 e. The van der Waals surface area contributed by atoms with Crippen LogP contribution in [0.1, 0.15) is 11.3 Å². The summed E-state index contributed by atoms with van der Waals surface area (Å²) in [5.41, 5.74) is 3.94. The molecule has 0 radical (unpaired) electrons. The van der Waals surface area contributed by atoms with Crippen LogP contribution in [0, 0.1) is 0 Å². The maximum Gasteiger partial charge on any atom is 0.267 e. The van der Waals surface area contributed by atoms with Crippen LogP contribution in [0.15, 0.2) is 66.7 Å². The fraction of sp³-hybridized carbons (Fsp3) is 0.0526. The Morgan fingerprint density at radius 3 is 2.71 bits per heavy atom. The van der Waals surface area contributed by atoms with E-state index in [4.69, 9.17) is 9.94 Å². The van der Waals surface area contributed by atoms with Crippen LogP contribution in [0.4, 0.5) is 0 Å². The molecule has 0 atom stereocenters. The van der Waals surface area contributed by atoms with E-state index < -0.39 is 5.91 Å². The first-order valence-electron chi connectivity index (χ1n) is 7.45. The average molecular weight is 320 g/mol. The minimum Gasteiger partial charge on any atom is -0.487 e. The molecule has 0 unspecified atom stereocenters. The molecule has 0 fully saturated rings. The molecular formula is C19H16N2O3. The van der Waals surface area contributed by atoms with Gasteiger partial charge < -0.3 is 4.74 Å². The summed E-state index contributed by atoms with van der Waals surface area (Å²) in [4.78, 5) is 15.6. The summed E-state index contributed by atoms with van der Waals surface area (Å²) in [6.45, 7) is 0.453. The quantitative estimate of drug-likeness (QED) is 0.430. The van der Waals surface area contributed by atoms with E-state index in [1.165, 1.54) is 12.2 Å². The van der Waals surface area contributed by atoms with Gasteiger partial charge in [-0.25, -0.2) is 10.5 Å². The van der Waals surface area contributed by atoms with Gasteiger partial charge in [-0.1, -0.05) is 48.5 Å². The van der Waals surface area contributed by atoms with Gasteiger partial charge in [-0.15, -0.1) is 0 Å². The Labute approximate surface area is 139 Å². The van der Waals surface area contributed by atoms with Crippen molar-refractivity contribution in [2.24, 2.45) is 0 Å². The monoisotopic (exact) mass is 320 g/mol. The minimum absolute atomic E-state index is 0.453. The normalized spacial score (nSPS) is 10.9. The minimum atomic E-state index is -0.606. The van der Waals surface area contributed by atoms with Gasteiger partial charge in [-0.3, -0.25) is 10.0 Å². The van der Waals surface area contributed by atoms with Crippen molar-refractivity contribution in [1.82, 2.24) is 10.5 Å². The lowest BCUT2D eigenvalue weighted by Crippen LogP contribution is -2.14. The van der Waals surface area contributed by atoms with E-state index in [0.717, 1.165) is 16.5 Å². The van der Waals surface area contributed by atoms with Crippen LogP contribution in [0.3, 0.4) is 0 Å². The number of hydroxylamine groups is 1. The van der Waals surface area contributed by atoms with Gasteiger partial charge in [0.1, 0.15) is 17.9 Å². The number of benzene rings is 2. The predicted molar refractivity (Wildman–Crippen MR) is 91.5 cm³/mol. The van der Waals surface area contributed by atoms with Gasteiger partial charge in [0.25, 0.3) is 5.91 Å². The first-order valence-corrected chi connectivity index (χ1v) is 7.45.